The summed E-state index contributed by atoms with van der Waals surface area (Å²) in [6.07, 6.45) is 1.11. The largest absolute Gasteiger partial charge is 0.396 e. The Bertz CT molecular complexity index is 174. The van der Waals surface area contributed by atoms with Crippen LogP contribution in [0.4, 0.5) is 0 Å². The van der Waals surface area contributed by atoms with Crippen LogP contribution < -0.4 is 0 Å². The number of aliphatic hydroxyl groups excluding tert-OH is 1. The molecule has 0 aromatic rings. The normalized spacial score (nSPS) is 11.5. The molecule has 0 heterocycles. The van der Waals surface area contributed by atoms with E-state index in [1.807, 2.05) is 0 Å². The molecule has 0 spiro atoms. The average molecular weight is 154 g/mol. The molecule has 0 bridgehead atoms. The summed E-state index contributed by atoms with van der Waals surface area (Å²) in [6, 6.07) is 0. The first-order chi connectivity index (χ1) is 5.22. The third-order valence-corrected chi connectivity index (χ3v) is 1.58. The molecule has 1 N–H and O–H groups in total. The SMILES string of the molecule is CC#CCC(CCO)C(C)=O. The van der Waals surface area contributed by atoms with E-state index in [2.05, 4.69) is 11.8 Å². The first-order valence-electron chi connectivity index (χ1n) is 3.73. The monoisotopic (exact) mass is 154 g/mol. The number of rotatable bonds is 4. The molecule has 0 fully saturated rings. The molecule has 0 rings (SSSR count). The molecule has 0 aliphatic heterocycles. The summed E-state index contributed by atoms with van der Waals surface area (Å²) in [5.74, 6) is 5.60. The molecule has 0 aliphatic carbocycles. The van der Waals surface area contributed by atoms with Gasteiger partial charge in [0.2, 0.25) is 0 Å². The van der Waals surface area contributed by atoms with Gasteiger partial charge >= 0.3 is 0 Å². The van der Waals surface area contributed by atoms with Crippen molar-refractivity contribution in [2.24, 2.45) is 5.92 Å². The smallest absolute Gasteiger partial charge is 0.133 e. The van der Waals surface area contributed by atoms with Gasteiger partial charge in [0.1, 0.15) is 5.78 Å². The van der Waals surface area contributed by atoms with Crippen LogP contribution in [0, 0.1) is 17.8 Å². The Kier molecular flexibility index (Phi) is 5.50. The van der Waals surface area contributed by atoms with E-state index in [1.54, 1.807) is 6.92 Å². The van der Waals surface area contributed by atoms with Crippen LogP contribution in [0.3, 0.4) is 0 Å². The van der Waals surface area contributed by atoms with Crippen molar-refractivity contribution < 1.29 is 9.90 Å². The Morgan fingerprint density at radius 3 is 2.64 bits per heavy atom. The van der Waals surface area contributed by atoms with Crippen LogP contribution in [0.2, 0.25) is 0 Å². The fourth-order valence-corrected chi connectivity index (χ4v) is 0.830. The molecule has 0 aromatic carbocycles. The van der Waals surface area contributed by atoms with E-state index in [1.165, 1.54) is 6.92 Å². The molecule has 2 nitrogen and oxygen atoms in total. The molecular weight excluding hydrogens is 140 g/mol. The zero-order valence-corrected chi connectivity index (χ0v) is 7.05. The van der Waals surface area contributed by atoms with Gasteiger partial charge < -0.3 is 5.11 Å². The van der Waals surface area contributed by atoms with Crippen LogP contribution in [0.15, 0.2) is 0 Å². The fraction of sp³-hybridized carbons (Fsp3) is 0.667. The minimum Gasteiger partial charge on any atom is -0.396 e. The standard InChI is InChI=1S/C9H14O2/c1-3-4-5-9(6-7-10)8(2)11/h9-10H,5-7H2,1-2H3. The second-order valence-corrected chi connectivity index (χ2v) is 2.45. The van der Waals surface area contributed by atoms with Crippen LogP contribution in [0.5, 0.6) is 0 Å². The Morgan fingerprint density at radius 1 is 1.64 bits per heavy atom. The van der Waals surface area contributed by atoms with Crippen molar-refractivity contribution in [1.82, 2.24) is 0 Å². The molecule has 1 atom stereocenters. The van der Waals surface area contributed by atoms with Crippen LogP contribution in [0.25, 0.3) is 0 Å². The molecule has 11 heavy (non-hydrogen) atoms. The third-order valence-electron chi connectivity index (χ3n) is 1.58. The van der Waals surface area contributed by atoms with Crippen molar-refractivity contribution in [3.8, 4) is 11.8 Å². The molecule has 1 unspecified atom stereocenters. The van der Waals surface area contributed by atoms with Crippen LogP contribution in [0.1, 0.15) is 26.7 Å². The highest BCUT2D eigenvalue weighted by atomic mass is 16.3. The van der Waals surface area contributed by atoms with Gasteiger partial charge in [0.05, 0.1) is 0 Å². The Hall–Kier alpha value is -0.810. The van der Waals surface area contributed by atoms with Crippen LogP contribution in [-0.2, 0) is 4.79 Å². The lowest BCUT2D eigenvalue weighted by molar-refractivity contribution is -0.121. The highest BCUT2D eigenvalue weighted by molar-refractivity contribution is 5.78. The van der Waals surface area contributed by atoms with E-state index in [4.69, 9.17) is 5.11 Å². The molecule has 0 saturated heterocycles. The molecular formula is C9H14O2. The zero-order chi connectivity index (χ0) is 8.69. The molecule has 0 aromatic heterocycles. The number of hydrogen-bond donors (Lipinski definition) is 1. The van der Waals surface area contributed by atoms with E-state index in [0.29, 0.717) is 12.8 Å². The summed E-state index contributed by atoms with van der Waals surface area (Å²) in [7, 11) is 0. The molecule has 0 amide bonds. The minimum atomic E-state index is -0.0764. The van der Waals surface area contributed by atoms with Gasteiger partial charge in [0.25, 0.3) is 0 Å². The van der Waals surface area contributed by atoms with Crippen LogP contribution >= 0.6 is 0 Å². The van der Waals surface area contributed by atoms with Crippen molar-refractivity contribution in [2.75, 3.05) is 6.61 Å². The lowest BCUT2D eigenvalue weighted by Crippen LogP contribution is -2.11. The fourth-order valence-electron chi connectivity index (χ4n) is 0.830. The first-order valence-corrected chi connectivity index (χ1v) is 3.73. The van der Waals surface area contributed by atoms with Gasteiger partial charge in [-0.05, 0) is 20.3 Å². The van der Waals surface area contributed by atoms with Gasteiger partial charge in [-0.15, -0.1) is 11.8 Å². The molecule has 0 saturated carbocycles. The number of Topliss-reactive ketones (excluding diaryl/α,β-unsaturated/α-hetero) is 1. The van der Waals surface area contributed by atoms with Crippen molar-refractivity contribution in [1.29, 1.82) is 0 Å². The molecule has 0 radical (unpaired) electrons. The summed E-state index contributed by atoms with van der Waals surface area (Å²) in [4.78, 5) is 10.9. The number of aliphatic hydroxyl groups is 1. The van der Waals surface area contributed by atoms with Gasteiger partial charge in [0, 0.05) is 18.9 Å². The van der Waals surface area contributed by atoms with Crippen molar-refractivity contribution in [2.45, 2.75) is 26.7 Å². The van der Waals surface area contributed by atoms with E-state index >= 15 is 0 Å². The summed E-state index contributed by atoms with van der Waals surface area (Å²) < 4.78 is 0. The van der Waals surface area contributed by atoms with E-state index in [0.717, 1.165) is 0 Å². The van der Waals surface area contributed by atoms with E-state index in [9.17, 15) is 4.79 Å². The predicted molar refractivity (Wildman–Crippen MR) is 43.9 cm³/mol. The van der Waals surface area contributed by atoms with Crippen molar-refractivity contribution >= 4 is 5.78 Å². The second-order valence-electron chi connectivity index (χ2n) is 2.45. The Balaban J connectivity index is 3.85. The highest BCUT2D eigenvalue weighted by Gasteiger charge is 2.10. The molecule has 0 aliphatic rings. The maximum atomic E-state index is 10.9. The quantitative estimate of drug-likeness (QED) is 0.613. The summed E-state index contributed by atoms with van der Waals surface area (Å²) >= 11 is 0. The zero-order valence-electron chi connectivity index (χ0n) is 7.05. The maximum Gasteiger partial charge on any atom is 0.133 e. The van der Waals surface area contributed by atoms with Gasteiger partial charge in [-0.25, -0.2) is 0 Å². The highest BCUT2D eigenvalue weighted by Crippen LogP contribution is 2.07. The van der Waals surface area contributed by atoms with Gasteiger partial charge in [-0.1, -0.05) is 0 Å². The van der Waals surface area contributed by atoms with Crippen molar-refractivity contribution in [3.05, 3.63) is 0 Å². The Morgan fingerprint density at radius 2 is 2.27 bits per heavy atom. The molecule has 2 heteroatoms. The average Bonchev–Trinajstić information content (AvgIpc) is 1.97. The number of carbonyl (C=O) groups is 1. The molecule has 62 valence electrons. The lowest BCUT2D eigenvalue weighted by Gasteiger charge is -2.06. The predicted octanol–water partition coefficient (Wildman–Crippen LogP) is 0.987. The van der Waals surface area contributed by atoms with E-state index in [-0.39, 0.29) is 18.3 Å². The maximum absolute atomic E-state index is 10.9. The Labute approximate surface area is 67.6 Å². The van der Waals surface area contributed by atoms with Gasteiger partial charge in [-0.3, -0.25) is 4.79 Å². The number of hydrogen-bond acceptors (Lipinski definition) is 2. The van der Waals surface area contributed by atoms with Gasteiger partial charge in [0.15, 0.2) is 0 Å². The summed E-state index contributed by atoms with van der Waals surface area (Å²) in [5.41, 5.74) is 0. The number of carbonyl (C=O) groups excluding carboxylic acids is 1. The second kappa shape index (κ2) is 5.94. The lowest BCUT2D eigenvalue weighted by atomic mass is 9.98. The summed E-state index contributed by atoms with van der Waals surface area (Å²) in [5, 5.41) is 8.58. The van der Waals surface area contributed by atoms with Gasteiger partial charge in [-0.2, -0.15) is 0 Å². The first kappa shape index (κ1) is 10.2. The van der Waals surface area contributed by atoms with E-state index < -0.39 is 0 Å². The third kappa shape index (κ3) is 4.58. The van der Waals surface area contributed by atoms with Crippen molar-refractivity contribution in [3.63, 3.8) is 0 Å². The number of ketones is 1. The minimum absolute atomic E-state index is 0.0651. The topological polar surface area (TPSA) is 37.3 Å². The summed E-state index contributed by atoms with van der Waals surface area (Å²) in [6.45, 7) is 3.35. The van der Waals surface area contributed by atoms with Crippen LogP contribution in [-0.4, -0.2) is 17.5 Å².